The van der Waals surface area contributed by atoms with Crippen molar-refractivity contribution in [2.75, 3.05) is 10.6 Å². The van der Waals surface area contributed by atoms with Gasteiger partial charge in [0.2, 0.25) is 0 Å². The van der Waals surface area contributed by atoms with E-state index in [1.807, 2.05) is 24.3 Å². The highest BCUT2D eigenvalue weighted by Gasteiger charge is 2.53. The Labute approximate surface area is 211 Å². The largest absolute Gasteiger partial charge is 0.317 e. The van der Waals surface area contributed by atoms with E-state index in [-0.39, 0.29) is 20.0 Å². The second-order valence-corrected chi connectivity index (χ2v) is 15.7. The minimum absolute atomic E-state index is 0.0797. The summed E-state index contributed by atoms with van der Waals surface area (Å²) in [4.78, 5) is 25.8. The van der Waals surface area contributed by atoms with Gasteiger partial charge in [-0.2, -0.15) is 0 Å². The van der Waals surface area contributed by atoms with Gasteiger partial charge < -0.3 is 10.6 Å². The van der Waals surface area contributed by atoms with Crippen LogP contribution in [0, 0.1) is 35.5 Å². The van der Waals surface area contributed by atoms with Crippen molar-refractivity contribution in [3.05, 3.63) is 24.3 Å². The fraction of sp³-hybridized carbons (Fsp3) is 0.714. The molecule has 6 heteroatoms. The van der Waals surface area contributed by atoms with E-state index in [1.54, 1.807) is 23.5 Å². The Morgan fingerprint density at radius 1 is 0.559 bits per heavy atom. The molecule has 0 aromatic heterocycles. The summed E-state index contributed by atoms with van der Waals surface area (Å²) >= 11 is 3.15. The number of carbonyl (C=O) groups excluding carboxylic acids is 2. The second kappa shape index (κ2) is 8.19. The van der Waals surface area contributed by atoms with E-state index in [1.165, 1.54) is 77.0 Å². The van der Waals surface area contributed by atoms with Crippen molar-refractivity contribution in [3.63, 3.8) is 0 Å². The molecule has 0 radical (unpaired) electrons. The van der Waals surface area contributed by atoms with Gasteiger partial charge in [-0.1, -0.05) is 23.5 Å². The zero-order valence-electron chi connectivity index (χ0n) is 19.9. The molecule has 2 amide bonds. The van der Waals surface area contributed by atoms with E-state index in [0.717, 1.165) is 46.9 Å². The van der Waals surface area contributed by atoms with Crippen molar-refractivity contribution in [1.29, 1.82) is 0 Å². The van der Waals surface area contributed by atoms with E-state index in [4.69, 9.17) is 0 Å². The third-order valence-electron chi connectivity index (χ3n) is 9.96. The van der Waals surface area contributed by atoms with Crippen molar-refractivity contribution in [2.24, 2.45) is 35.5 Å². The molecule has 8 bridgehead atoms. The van der Waals surface area contributed by atoms with E-state index in [9.17, 15) is 9.59 Å². The lowest BCUT2D eigenvalue weighted by Gasteiger charge is -2.56. The van der Waals surface area contributed by atoms with Crippen LogP contribution >= 0.6 is 23.5 Å². The maximum absolute atomic E-state index is 12.9. The SMILES string of the molecule is O=C(Nc1ccc(NC(=O)SC23CC4CC(CC(C4)C2)C3)cc1)SC12CC3CC(CC(C3)C1)C2. The third kappa shape index (κ3) is 4.21. The van der Waals surface area contributed by atoms with Crippen molar-refractivity contribution < 1.29 is 9.59 Å². The molecule has 0 aliphatic heterocycles. The normalized spacial score (nSPS) is 43.2. The van der Waals surface area contributed by atoms with Crippen LogP contribution in [0.4, 0.5) is 21.0 Å². The number of carbonyl (C=O) groups is 2. The molecule has 0 heterocycles. The molecular weight excluding hydrogens is 460 g/mol. The fourth-order valence-electron chi connectivity index (χ4n) is 9.63. The summed E-state index contributed by atoms with van der Waals surface area (Å²) in [5.74, 6) is 5.12. The van der Waals surface area contributed by atoms with Gasteiger partial charge in [-0.25, -0.2) is 0 Å². The third-order valence-corrected chi connectivity index (χ3v) is 12.4. The number of hydrogen-bond donors (Lipinski definition) is 2. The predicted octanol–water partition coefficient (Wildman–Crippen LogP) is 8.15. The first-order valence-corrected chi connectivity index (χ1v) is 15.1. The molecule has 8 saturated carbocycles. The number of hydrogen-bond acceptors (Lipinski definition) is 4. The minimum atomic E-state index is 0.0797. The van der Waals surface area contributed by atoms with Gasteiger partial charge in [0.25, 0.3) is 10.5 Å². The molecule has 1 aromatic carbocycles. The molecule has 0 atom stereocenters. The van der Waals surface area contributed by atoms with Gasteiger partial charge in [-0.15, -0.1) is 0 Å². The first-order valence-electron chi connectivity index (χ1n) is 13.5. The number of benzene rings is 1. The topological polar surface area (TPSA) is 58.2 Å². The number of anilines is 2. The molecule has 9 rings (SSSR count). The summed E-state index contributed by atoms with van der Waals surface area (Å²) in [6.07, 6.45) is 15.7. The Hall–Kier alpha value is -1.14. The van der Waals surface area contributed by atoms with Gasteiger partial charge in [0.15, 0.2) is 0 Å². The molecule has 0 unspecified atom stereocenters. The predicted molar refractivity (Wildman–Crippen MR) is 141 cm³/mol. The lowest BCUT2D eigenvalue weighted by molar-refractivity contribution is 0.0385. The molecule has 8 aliphatic rings. The van der Waals surface area contributed by atoms with Crippen molar-refractivity contribution in [3.8, 4) is 0 Å². The zero-order valence-corrected chi connectivity index (χ0v) is 21.5. The summed E-state index contributed by atoms with van der Waals surface area (Å²) in [6.45, 7) is 0. The van der Waals surface area contributed by atoms with Gasteiger partial charge in [-0.3, -0.25) is 9.59 Å². The average molecular weight is 497 g/mol. The smallest absolute Gasteiger partial charge is 0.283 e. The van der Waals surface area contributed by atoms with Crippen LogP contribution in [-0.4, -0.2) is 20.0 Å². The first kappa shape index (κ1) is 22.1. The maximum Gasteiger partial charge on any atom is 0.283 e. The molecule has 2 N–H and O–H groups in total. The molecule has 34 heavy (non-hydrogen) atoms. The standard InChI is InChI=1S/C28H36N2O2S2/c31-25(33-27-11-17-5-18(12-27)7-19(6-17)13-27)29-23-1-2-24(4-3-23)30-26(32)34-28-14-20-8-21(15-28)10-22(9-20)16-28/h1-4,17-22H,5-16H2,(H,29,31)(H,30,32). The fourth-order valence-corrected chi connectivity index (χ4v) is 12.7. The summed E-state index contributed by atoms with van der Waals surface area (Å²) in [5, 5.41) is 6.37. The molecule has 1 aromatic rings. The highest BCUT2D eigenvalue weighted by Crippen LogP contribution is 2.62. The average Bonchev–Trinajstić information content (AvgIpc) is 2.72. The first-order chi connectivity index (χ1) is 16.4. The van der Waals surface area contributed by atoms with E-state index in [2.05, 4.69) is 10.6 Å². The lowest BCUT2D eigenvalue weighted by atomic mass is 9.56. The molecule has 8 aliphatic carbocycles. The summed E-state index contributed by atoms with van der Waals surface area (Å²) < 4.78 is 0.364. The van der Waals surface area contributed by atoms with Gasteiger partial charge in [0, 0.05) is 20.9 Å². The van der Waals surface area contributed by atoms with Crippen LogP contribution in [0.25, 0.3) is 0 Å². The Morgan fingerprint density at radius 3 is 1.09 bits per heavy atom. The van der Waals surface area contributed by atoms with Crippen LogP contribution < -0.4 is 10.6 Å². The summed E-state index contributed by atoms with van der Waals surface area (Å²) in [7, 11) is 0. The summed E-state index contributed by atoms with van der Waals surface area (Å²) in [5.41, 5.74) is 1.63. The van der Waals surface area contributed by atoms with Gasteiger partial charge in [-0.05, 0) is 137 Å². The highest BCUT2D eigenvalue weighted by atomic mass is 32.2. The number of thioether (sulfide) groups is 2. The van der Waals surface area contributed by atoms with Crippen molar-refractivity contribution in [1.82, 2.24) is 0 Å². The van der Waals surface area contributed by atoms with Crippen LogP contribution in [0.5, 0.6) is 0 Å². The Morgan fingerprint density at radius 2 is 0.824 bits per heavy atom. The highest BCUT2D eigenvalue weighted by molar-refractivity contribution is 8.15. The molecule has 182 valence electrons. The van der Waals surface area contributed by atoms with E-state index < -0.39 is 0 Å². The molecule has 4 nitrogen and oxygen atoms in total. The Kier molecular flexibility index (Phi) is 5.32. The number of amides is 2. The second-order valence-electron chi connectivity index (χ2n) is 12.8. The maximum atomic E-state index is 12.9. The van der Waals surface area contributed by atoms with Crippen LogP contribution in [0.1, 0.15) is 77.0 Å². The molecule has 0 spiro atoms. The molecular formula is C28H36N2O2S2. The van der Waals surface area contributed by atoms with E-state index in [0.29, 0.717) is 0 Å². The van der Waals surface area contributed by atoms with E-state index >= 15 is 0 Å². The van der Waals surface area contributed by atoms with Crippen LogP contribution in [0.3, 0.4) is 0 Å². The summed E-state index contributed by atoms with van der Waals surface area (Å²) in [6, 6.07) is 7.68. The Bertz CT molecular complexity index is 841. The van der Waals surface area contributed by atoms with Crippen LogP contribution in [0.2, 0.25) is 0 Å². The van der Waals surface area contributed by atoms with Gasteiger partial charge in [0.05, 0.1) is 0 Å². The van der Waals surface area contributed by atoms with Crippen molar-refractivity contribution >= 4 is 45.4 Å². The van der Waals surface area contributed by atoms with Gasteiger partial charge >= 0.3 is 0 Å². The van der Waals surface area contributed by atoms with Crippen molar-refractivity contribution in [2.45, 2.75) is 86.5 Å². The van der Waals surface area contributed by atoms with Gasteiger partial charge in [0.1, 0.15) is 0 Å². The zero-order chi connectivity index (χ0) is 22.9. The van der Waals surface area contributed by atoms with Crippen LogP contribution in [0.15, 0.2) is 24.3 Å². The monoisotopic (exact) mass is 496 g/mol. The molecule has 0 saturated heterocycles. The number of nitrogens with one attached hydrogen (secondary N) is 2. The number of rotatable bonds is 4. The molecule has 8 fully saturated rings. The quantitative estimate of drug-likeness (QED) is 0.441. The van der Waals surface area contributed by atoms with Crippen LogP contribution in [-0.2, 0) is 0 Å². The minimum Gasteiger partial charge on any atom is -0.317 e. The lowest BCUT2D eigenvalue weighted by Crippen LogP contribution is -2.49. The Balaban J connectivity index is 0.935.